The van der Waals surface area contributed by atoms with Crippen LogP contribution in [0.1, 0.15) is 37.1 Å². The van der Waals surface area contributed by atoms with E-state index >= 15 is 0 Å². The summed E-state index contributed by atoms with van der Waals surface area (Å²) in [4.78, 5) is 3.57. The zero-order valence-corrected chi connectivity index (χ0v) is 11.0. The van der Waals surface area contributed by atoms with Crippen molar-refractivity contribution in [2.45, 2.75) is 32.2 Å². The topological polar surface area (TPSA) is 37.0 Å². The summed E-state index contributed by atoms with van der Waals surface area (Å²) in [5, 5.41) is 4.73. The minimum absolute atomic E-state index is 0.469. The van der Waals surface area contributed by atoms with Crippen LogP contribution in [0.5, 0.6) is 5.75 Å². The normalized spacial score (nSPS) is 18.9. The minimum Gasteiger partial charge on any atom is -0.494 e. The lowest BCUT2D eigenvalue weighted by Crippen LogP contribution is -2.21. The van der Waals surface area contributed by atoms with Crippen LogP contribution in [0.2, 0.25) is 0 Å². The van der Waals surface area contributed by atoms with Gasteiger partial charge in [-0.05, 0) is 57.0 Å². The third-order valence-corrected chi connectivity index (χ3v) is 3.84. The molecule has 1 unspecified atom stereocenters. The third kappa shape index (κ3) is 1.79. The lowest BCUT2D eigenvalue weighted by Gasteiger charge is -2.21. The molecule has 0 radical (unpaired) electrons. The van der Waals surface area contributed by atoms with Gasteiger partial charge in [0.25, 0.3) is 0 Å². The molecule has 96 valence electrons. The number of rotatable bonds is 3. The SMILES string of the molecule is CCOc1ccc2[nH]c3c(c2c1)CCCC3NC. The first-order chi connectivity index (χ1) is 8.83. The summed E-state index contributed by atoms with van der Waals surface area (Å²) in [5.41, 5.74) is 4.06. The van der Waals surface area contributed by atoms with E-state index in [1.807, 2.05) is 20.0 Å². The van der Waals surface area contributed by atoms with E-state index < -0.39 is 0 Å². The maximum Gasteiger partial charge on any atom is 0.120 e. The van der Waals surface area contributed by atoms with E-state index in [9.17, 15) is 0 Å². The molecule has 0 bridgehead atoms. The Morgan fingerprint density at radius 3 is 3.11 bits per heavy atom. The monoisotopic (exact) mass is 244 g/mol. The van der Waals surface area contributed by atoms with Gasteiger partial charge in [-0.25, -0.2) is 0 Å². The van der Waals surface area contributed by atoms with Crippen molar-refractivity contribution >= 4 is 10.9 Å². The van der Waals surface area contributed by atoms with Crippen LogP contribution in [0.25, 0.3) is 10.9 Å². The molecular weight excluding hydrogens is 224 g/mol. The molecule has 2 N–H and O–H groups in total. The minimum atomic E-state index is 0.469. The summed E-state index contributed by atoms with van der Waals surface area (Å²) in [7, 11) is 2.04. The number of nitrogens with one attached hydrogen (secondary N) is 2. The molecule has 2 aromatic rings. The Kier molecular flexibility index (Phi) is 3.00. The van der Waals surface area contributed by atoms with E-state index in [1.165, 1.54) is 41.4 Å². The number of aromatic amines is 1. The highest BCUT2D eigenvalue weighted by molar-refractivity contribution is 5.86. The quantitative estimate of drug-likeness (QED) is 0.870. The number of aromatic nitrogens is 1. The van der Waals surface area contributed by atoms with Gasteiger partial charge >= 0.3 is 0 Å². The van der Waals surface area contributed by atoms with Crippen molar-refractivity contribution in [1.29, 1.82) is 0 Å². The van der Waals surface area contributed by atoms with E-state index in [0.29, 0.717) is 6.04 Å². The van der Waals surface area contributed by atoms with Gasteiger partial charge in [0.1, 0.15) is 5.75 Å². The lowest BCUT2D eigenvalue weighted by molar-refractivity contribution is 0.340. The zero-order chi connectivity index (χ0) is 12.5. The van der Waals surface area contributed by atoms with Crippen LogP contribution in [-0.4, -0.2) is 18.6 Å². The number of hydrogen-bond acceptors (Lipinski definition) is 2. The van der Waals surface area contributed by atoms with Crippen molar-refractivity contribution in [2.75, 3.05) is 13.7 Å². The maximum absolute atomic E-state index is 5.60. The van der Waals surface area contributed by atoms with Crippen molar-refractivity contribution in [3.05, 3.63) is 29.5 Å². The highest BCUT2D eigenvalue weighted by atomic mass is 16.5. The van der Waals surface area contributed by atoms with E-state index in [-0.39, 0.29) is 0 Å². The van der Waals surface area contributed by atoms with Gasteiger partial charge < -0.3 is 15.0 Å². The van der Waals surface area contributed by atoms with Crippen LogP contribution >= 0.6 is 0 Å². The van der Waals surface area contributed by atoms with E-state index in [2.05, 4.69) is 22.4 Å². The van der Waals surface area contributed by atoms with Crippen molar-refractivity contribution in [3.63, 3.8) is 0 Å². The smallest absolute Gasteiger partial charge is 0.120 e. The molecule has 1 heterocycles. The van der Waals surface area contributed by atoms with Gasteiger partial charge in [0.15, 0.2) is 0 Å². The predicted octanol–water partition coefficient (Wildman–Crippen LogP) is 3.16. The molecule has 3 heteroatoms. The molecule has 1 aliphatic rings. The molecule has 0 aliphatic heterocycles. The highest BCUT2D eigenvalue weighted by Gasteiger charge is 2.22. The van der Waals surface area contributed by atoms with Crippen molar-refractivity contribution < 1.29 is 4.74 Å². The molecule has 1 aromatic heterocycles. The molecule has 1 atom stereocenters. The van der Waals surface area contributed by atoms with Crippen LogP contribution in [0.15, 0.2) is 18.2 Å². The van der Waals surface area contributed by atoms with E-state index in [1.54, 1.807) is 0 Å². The number of benzene rings is 1. The molecule has 0 saturated heterocycles. The van der Waals surface area contributed by atoms with Crippen LogP contribution in [0, 0.1) is 0 Å². The van der Waals surface area contributed by atoms with Crippen molar-refractivity contribution in [2.24, 2.45) is 0 Å². The van der Waals surface area contributed by atoms with Crippen molar-refractivity contribution in [1.82, 2.24) is 10.3 Å². The van der Waals surface area contributed by atoms with E-state index in [4.69, 9.17) is 4.74 Å². The standard InChI is InChI=1S/C15H20N2O/c1-3-18-10-7-8-13-12(9-10)11-5-4-6-14(16-2)15(11)17-13/h7-9,14,16-17H,3-6H2,1-2H3. The van der Waals surface area contributed by atoms with Gasteiger partial charge in [0.2, 0.25) is 0 Å². The Labute approximate surface area is 108 Å². The van der Waals surface area contributed by atoms with Crippen LogP contribution in [0.3, 0.4) is 0 Å². The van der Waals surface area contributed by atoms with Gasteiger partial charge in [-0.15, -0.1) is 0 Å². The van der Waals surface area contributed by atoms with Gasteiger partial charge in [-0.2, -0.15) is 0 Å². The van der Waals surface area contributed by atoms with Gasteiger partial charge in [0, 0.05) is 22.6 Å². The maximum atomic E-state index is 5.60. The summed E-state index contributed by atoms with van der Waals surface area (Å²) >= 11 is 0. The van der Waals surface area contributed by atoms with Gasteiger partial charge in [0.05, 0.1) is 6.61 Å². The molecule has 0 fully saturated rings. The Bertz CT molecular complexity index is 559. The number of fused-ring (bicyclic) bond motifs is 3. The molecule has 3 nitrogen and oxygen atoms in total. The Morgan fingerprint density at radius 1 is 1.44 bits per heavy atom. The fourth-order valence-corrected chi connectivity index (χ4v) is 2.99. The van der Waals surface area contributed by atoms with Crippen LogP contribution in [0.4, 0.5) is 0 Å². The average Bonchev–Trinajstić information content (AvgIpc) is 2.77. The molecule has 0 saturated carbocycles. The molecule has 0 amide bonds. The Morgan fingerprint density at radius 2 is 2.33 bits per heavy atom. The average molecular weight is 244 g/mol. The fraction of sp³-hybridized carbons (Fsp3) is 0.467. The van der Waals surface area contributed by atoms with Crippen LogP contribution in [-0.2, 0) is 6.42 Å². The number of aryl methyl sites for hydroxylation is 1. The highest BCUT2D eigenvalue weighted by Crippen LogP contribution is 2.35. The van der Waals surface area contributed by atoms with Crippen LogP contribution < -0.4 is 10.1 Å². The summed E-state index contributed by atoms with van der Waals surface area (Å²) < 4.78 is 5.60. The van der Waals surface area contributed by atoms with Gasteiger partial charge in [-0.1, -0.05) is 0 Å². The Balaban J connectivity index is 2.12. The number of hydrogen-bond donors (Lipinski definition) is 2. The molecule has 0 spiro atoms. The first-order valence-corrected chi connectivity index (χ1v) is 6.78. The van der Waals surface area contributed by atoms with Gasteiger partial charge in [-0.3, -0.25) is 0 Å². The summed E-state index contributed by atoms with van der Waals surface area (Å²) in [6.07, 6.45) is 3.64. The lowest BCUT2D eigenvalue weighted by atomic mass is 9.92. The first kappa shape index (κ1) is 11.6. The number of ether oxygens (including phenoxy) is 1. The van der Waals surface area contributed by atoms with Crippen molar-refractivity contribution in [3.8, 4) is 5.75 Å². The van der Waals surface area contributed by atoms with E-state index in [0.717, 1.165) is 12.4 Å². The molecule has 3 rings (SSSR count). The molecular formula is C15H20N2O. The number of H-pyrrole nitrogens is 1. The summed E-state index contributed by atoms with van der Waals surface area (Å²) in [6, 6.07) is 6.82. The second kappa shape index (κ2) is 4.65. The molecule has 18 heavy (non-hydrogen) atoms. The molecule has 1 aromatic carbocycles. The molecule has 1 aliphatic carbocycles. The third-order valence-electron chi connectivity index (χ3n) is 3.84. The summed E-state index contributed by atoms with van der Waals surface area (Å²) in [6.45, 7) is 2.74. The second-order valence-electron chi connectivity index (χ2n) is 4.89. The predicted molar refractivity (Wildman–Crippen MR) is 74.2 cm³/mol. The fourth-order valence-electron chi connectivity index (χ4n) is 2.99. The second-order valence-corrected chi connectivity index (χ2v) is 4.89. The zero-order valence-electron chi connectivity index (χ0n) is 11.0. The summed E-state index contributed by atoms with van der Waals surface area (Å²) in [5.74, 6) is 0.971. The first-order valence-electron chi connectivity index (χ1n) is 6.78. The largest absolute Gasteiger partial charge is 0.494 e. The Hall–Kier alpha value is -1.48.